The molecule has 0 radical (unpaired) electrons. The first-order valence-corrected chi connectivity index (χ1v) is 18.7. The molecule has 8 nitrogen and oxygen atoms in total. The van der Waals surface area contributed by atoms with Crippen molar-refractivity contribution in [2.24, 2.45) is 14.1 Å². The molecule has 0 amide bonds. The highest BCUT2D eigenvalue weighted by Crippen LogP contribution is 2.37. The number of fused-ring (bicyclic) bond motifs is 2. The van der Waals surface area contributed by atoms with Gasteiger partial charge < -0.3 is 0 Å². The quantitative estimate of drug-likeness (QED) is 0.104. The topological polar surface area (TPSA) is 85.1 Å². The van der Waals surface area contributed by atoms with E-state index in [0.717, 1.165) is 61.6 Å². The van der Waals surface area contributed by atoms with Crippen LogP contribution < -0.4 is 9.13 Å². The second-order valence-electron chi connectivity index (χ2n) is 9.27. The summed E-state index contributed by atoms with van der Waals surface area (Å²) in [6.45, 7) is 0. The first kappa shape index (κ1) is 30.4. The van der Waals surface area contributed by atoms with Crippen LogP contribution in [0.25, 0.3) is 61.6 Å². The van der Waals surface area contributed by atoms with E-state index in [-0.39, 0.29) is 0 Å². The van der Waals surface area contributed by atoms with Gasteiger partial charge in [-0.05, 0) is 29.2 Å². The van der Waals surface area contributed by atoms with Crippen molar-refractivity contribution in [1.82, 2.24) is 29.9 Å². The molecule has 8 heterocycles. The van der Waals surface area contributed by atoms with E-state index in [2.05, 4.69) is 66.8 Å². The zero-order valence-corrected chi connectivity index (χ0v) is 29.2. The molecule has 0 aliphatic rings. The van der Waals surface area contributed by atoms with Crippen LogP contribution in [0.5, 0.6) is 0 Å². The van der Waals surface area contributed by atoms with Gasteiger partial charge in [0.1, 0.15) is 34.1 Å². The summed E-state index contributed by atoms with van der Waals surface area (Å²) in [5.74, 6) is 0. The van der Waals surface area contributed by atoms with Gasteiger partial charge in [-0.2, -0.15) is 0 Å². The van der Waals surface area contributed by atoms with Gasteiger partial charge in [-0.1, -0.05) is 67.9 Å². The molecule has 13 heteroatoms. The summed E-state index contributed by atoms with van der Waals surface area (Å²) in [6.07, 6.45) is 15.3. The average Bonchev–Trinajstić information content (AvgIpc) is 3.84. The number of halogens is 1. The molecule has 8 aromatic rings. The number of alkyl halides is 1. The Balaban J connectivity index is 0.000000148. The standard InChI is InChI=1S/C16H14N4S2.C14H8N4S2.CH3I/c1-19-7-3-11(4-8-19)13-17-15-16(21-13)18-14(22-15)12-5-9-20(2)10-6-12;1-5-15-6-2-9(1)11-17-13-14(19-11)18-12(20-13)10-3-7-16-8-4-10;1-2/h3-10H,1-2H3;1-8H;1H3/q+2;;. The molecule has 0 N–H and O–H groups in total. The molecule has 218 valence electrons. The Morgan fingerprint density at radius 2 is 0.682 bits per heavy atom. The van der Waals surface area contributed by atoms with E-state index in [9.17, 15) is 0 Å². The summed E-state index contributed by atoms with van der Waals surface area (Å²) >= 11 is 8.67. The summed E-state index contributed by atoms with van der Waals surface area (Å²) < 4.78 is 4.04. The largest absolute Gasteiger partial charge is 0.265 e. The normalized spacial score (nSPS) is 10.7. The lowest BCUT2D eigenvalue weighted by atomic mass is 10.3. The van der Waals surface area contributed by atoms with Gasteiger partial charge in [0.2, 0.25) is 0 Å². The Kier molecular flexibility index (Phi) is 9.66. The number of hydrogen-bond donors (Lipinski definition) is 0. The van der Waals surface area contributed by atoms with Crippen molar-refractivity contribution in [3.05, 3.63) is 98.1 Å². The van der Waals surface area contributed by atoms with E-state index in [0.29, 0.717) is 0 Å². The first-order chi connectivity index (χ1) is 21.6. The van der Waals surface area contributed by atoms with Crippen molar-refractivity contribution in [3.8, 4) is 42.3 Å². The molecule has 0 aromatic carbocycles. The molecule has 8 aromatic heterocycles. The molecule has 0 bridgehead atoms. The van der Waals surface area contributed by atoms with Gasteiger partial charge >= 0.3 is 0 Å². The molecule has 0 atom stereocenters. The third-order valence-corrected chi connectivity index (χ3v) is 10.5. The Hall–Kier alpha value is -3.63. The predicted octanol–water partition coefficient (Wildman–Crippen LogP) is 7.66. The van der Waals surface area contributed by atoms with Crippen LogP contribution in [0.2, 0.25) is 0 Å². The Morgan fingerprint density at radius 1 is 0.432 bits per heavy atom. The minimum atomic E-state index is 0.980. The summed E-state index contributed by atoms with van der Waals surface area (Å²) in [5, 5.41) is 4.03. The van der Waals surface area contributed by atoms with Gasteiger partial charge in [-0.15, -0.1) is 0 Å². The second kappa shape index (κ2) is 14.0. The molecule has 0 aliphatic heterocycles. The maximum absolute atomic E-state index is 4.74. The number of nitrogens with zero attached hydrogens (tertiary/aromatic N) is 8. The first-order valence-electron chi connectivity index (χ1n) is 13.2. The predicted molar refractivity (Wildman–Crippen MR) is 190 cm³/mol. The monoisotopic (exact) mass is 764 g/mol. The molecule has 0 fully saturated rings. The Bertz CT molecular complexity index is 1900. The van der Waals surface area contributed by atoms with Crippen molar-refractivity contribution < 1.29 is 9.13 Å². The Labute approximate surface area is 283 Å². The van der Waals surface area contributed by atoms with Gasteiger partial charge in [-0.25, -0.2) is 29.1 Å². The van der Waals surface area contributed by atoms with Gasteiger partial charge in [0, 0.05) is 71.3 Å². The van der Waals surface area contributed by atoms with E-state index in [4.69, 9.17) is 9.97 Å². The van der Waals surface area contributed by atoms with E-state index in [1.165, 1.54) is 0 Å². The lowest BCUT2D eigenvalue weighted by molar-refractivity contribution is -0.671. The van der Waals surface area contributed by atoms with Crippen LogP contribution in [-0.2, 0) is 14.1 Å². The molecule has 0 saturated carbocycles. The number of aryl methyl sites for hydroxylation is 2. The van der Waals surface area contributed by atoms with Crippen LogP contribution in [0.3, 0.4) is 0 Å². The van der Waals surface area contributed by atoms with Crippen molar-refractivity contribution in [2.45, 2.75) is 0 Å². The fourth-order valence-corrected chi connectivity index (χ4v) is 8.16. The zero-order chi connectivity index (χ0) is 30.5. The van der Waals surface area contributed by atoms with Crippen LogP contribution in [0.15, 0.2) is 98.1 Å². The fraction of sp³-hybridized carbons (Fsp3) is 0.0968. The molecule has 0 saturated heterocycles. The van der Waals surface area contributed by atoms with Crippen LogP contribution >= 0.6 is 67.9 Å². The van der Waals surface area contributed by atoms with Gasteiger partial charge in [-0.3, -0.25) is 9.97 Å². The van der Waals surface area contributed by atoms with Crippen molar-refractivity contribution in [3.63, 3.8) is 0 Å². The van der Waals surface area contributed by atoms with Crippen LogP contribution in [-0.4, -0.2) is 34.8 Å². The maximum Gasteiger partial charge on any atom is 0.169 e. The minimum absolute atomic E-state index is 0.980. The molecular formula is C31H25IN8S4+2. The summed E-state index contributed by atoms with van der Waals surface area (Å²) in [7, 11) is 4.02. The zero-order valence-electron chi connectivity index (χ0n) is 23.8. The van der Waals surface area contributed by atoms with Crippen LogP contribution in [0, 0.1) is 0 Å². The van der Waals surface area contributed by atoms with E-state index < -0.39 is 0 Å². The molecular weight excluding hydrogens is 740 g/mol. The van der Waals surface area contributed by atoms with E-state index in [1.807, 2.05) is 77.2 Å². The molecule has 44 heavy (non-hydrogen) atoms. The summed E-state index contributed by atoms with van der Waals surface area (Å²) in [4.78, 5) is 32.8. The number of thiazole rings is 4. The number of aromatic nitrogens is 8. The SMILES string of the molecule is CI.C[n+]1ccc(-c2nc3sc(-c4cc[n+](C)cc4)nc3s2)cc1.c1cc(-c2nc3sc(-c4ccncc4)nc3s2)ccn1. The second-order valence-corrected chi connectivity index (χ2v) is 13.2. The highest BCUT2D eigenvalue weighted by Gasteiger charge is 2.15. The molecule has 0 unspecified atom stereocenters. The van der Waals surface area contributed by atoms with Crippen molar-refractivity contribution in [2.75, 3.05) is 4.93 Å². The van der Waals surface area contributed by atoms with Gasteiger partial charge in [0.25, 0.3) is 0 Å². The van der Waals surface area contributed by atoms with Crippen LogP contribution in [0.4, 0.5) is 0 Å². The maximum atomic E-state index is 4.74. The third-order valence-electron chi connectivity index (χ3n) is 6.26. The van der Waals surface area contributed by atoms with Gasteiger partial charge in [0.15, 0.2) is 44.1 Å². The third kappa shape index (κ3) is 6.86. The number of hydrogen-bond acceptors (Lipinski definition) is 10. The molecule has 0 spiro atoms. The minimum Gasteiger partial charge on any atom is -0.265 e. The molecule has 8 rings (SSSR count). The fourth-order valence-electron chi connectivity index (χ4n) is 4.05. The highest BCUT2D eigenvalue weighted by molar-refractivity contribution is 14.1. The lowest BCUT2D eigenvalue weighted by Gasteiger charge is -1.94. The van der Waals surface area contributed by atoms with Crippen molar-refractivity contribution >= 4 is 87.3 Å². The highest BCUT2D eigenvalue weighted by atomic mass is 127. The van der Waals surface area contributed by atoms with E-state index >= 15 is 0 Å². The lowest BCUT2D eigenvalue weighted by Crippen LogP contribution is -2.25. The van der Waals surface area contributed by atoms with Crippen molar-refractivity contribution in [1.29, 1.82) is 0 Å². The van der Waals surface area contributed by atoms with E-state index in [1.54, 1.807) is 70.1 Å². The number of rotatable bonds is 4. The smallest absolute Gasteiger partial charge is 0.169 e. The molecule has 0 aliphatic carbocycles. The van der Waals surface area contributed by atoms with Crippen LogP contribution in [0.1, 0.15) is 0 Å². The average molecular weight is 765 g/mol. The number of pyridine rings is 4. The summed E-state index contributed by atoms with van der Waals surface area (Å²) in [5.41, 5.74) is 4.45. The Morgan fingerprint density at radius 3 is 0.955 bits per heavy atom. The van der Waals surface area contributed by atoms with Gasteiger partial charge in [0.05, 0.1) is 0 Å². The summed E-state index contributed by atoms with van der Waals surface area (Å²) in [6, 6.07) is 16.2.